The molecule has 7 nitrogen and oxygen atoms in total. The number of aromatic nitrogens is 2. The monoisotopic (exact) mass is 447 g/mol. The van der Waals surface area contributed by atoms with E-state index in [1.165, 1.54) is 12.1 Å². The third-order valence-electron chi connectivity index (χ3n) is 5.33. The Morgan fingerprint density at radius 1 is 1.12 bits per heavy atom. The summed E-state index contributed by atoms with van der Waals surface area (Å²) in [5.74, 6) is 1.35. The molecule has 32 heavy (non-hydrogen) atoms. The molecular formula is C22H20F3N3O4. The van der Waals surface area contributed by atoms with Gasteiger partial charge in [0.05, 0.1) is 25.7 Å². The van der Waals surface area contributed by atoms with Gasteiger partial charge >= 0.3 is 6.18 Å². The summed E-state index contributed by atoms with van der Waals surface area (Å²) in [4.78, 5) is 18.5. The maximum atomic E-state index is 12.7. The van der Waals surface area contributed by atoms with Crippen LogP contribution in [0.2, 0.25) is 0 Å². The maximum Gasteiger partial charge on any atom is 0.416 e. The van der Waals surface area contributed by atoms with Crippen molar-refractivity contribution < 1.29 is 32.0 Å². The van der Waals surface area contributed by atoms with Crippen molar-refractivity contribution >= 4 is 5.91 Å². The molecule has 1 saturated heterocycles. The number of hydrogen-bond acceptors (Lipinski definition) is 6. The molecule has 0 radical (unpaired) electrons. The molecule has 1 fully saturated rings. The topological polar surface area (TPSA) is 77.7 Å². The molecule has 1 amide bonds. The van der Waals surface area contributed by atoms with Gasteiger partial charge < -0.3 is 18.9 Å². The summed E-state index contributed by atoms with van der Waals surface area (Å²) < 4.78 is 54.1. The van der Waals surface area contributed by atoms with Crippen LogP contribution in [0.1, 0.15) is 29.4 Å². The number of hydrogen-bond donors (Lipinski definition) is 0. The van der Waals surface area contributed by atoms with Gasteiger partial charge in [-0.2, -0.15) is 18.2 Å². The molecule has 1 aromatic heterocycles. The summed E-state index contributed by atoms with van der Waals surface area (Å²) in [6, 6.07) is 9.90. The van der Waals surface area contributed by atoms with Gasteiger partial charge in [0.1, 0.15) is 11.5 Å². The molecule has 1 aliphatic heterocycles. The van der Waals surface area contributed by atoms with E-state index in [0.29, 0.717) is 30.2 Å². The normalized spacial score (nSPS) is 16.5. The lowest BCUT2D eigenvalue weighted by atomic mass is 10.1. The first-order chi connectivity index (χ1) is 15.3. The lowest BCUT2D eigenvalue weighted by Gasteiger charge is -2.18. The molecule has 2 aromatic carbocycles. The number of ether oxygens (including phenoxy) is 2. The van der Waals surface area contributed by atoms with Crippen LogP contribution < -0.4 is 9.47 Å². The first kappa shape index (κ1) is 21.7. The van der Waals surface area contributed by atoms with Crippen molar-refractivity contribution in [3.8, 4) is 22.9 Å². The van der Waals surface area contributed by atoms with E-state index in [0.717, 1.165) is 17.7 Å². The van der Waals surface area contributed by atoms with Gasteiger partial charge in [-0.05, 0) is 24.3 Å². The van der Waals surface area contributed by atoms with Gasteiger partial charge in [0.25, 0.3) is 0 Å². The average molecular weight is 447 g/mol. The van der Waals surface area contributed by atoms with Gasteiger partial charge in [-0.3, -0.25) is 4.79 Å². The highest BCUT2D eigenvalue weighted by atomic mass is 19.4. The second-order valence-electron chi connectivity index (χ2n) is 7.38. The van der Waals surface area contributed by atoms with Crippen molar-refractivity contribution in [3.05, 3.63) is 59.5 Å². The van der Waals surface area contributed by atoms with E-state index in [1.807, 2.05) is 6.07 Å². The van der Waals surface area contributed by atoms with Crippen molar-refractivity contribution in [2.45, 2.75) is 25.1 Å². The molecule has 2 heterocycles. The van der Waals surface area contributed by atoms with E-state index in [9.17, 15) is 18.0 Å². The van der Waals surface area contributed by atoms with Gasteiger partial charge in [0.15, 0.2) is 0 Å². The first-order valence-electron chi connectivity index (χ1n) is 9.78. The number of carbonyl (C=O) groups excluding carboxylic acids is 1. The second kappa shape index (κ2) is 8.52. The van der Waals surface area contributed by atoms with Crippen LogP contribution in [-0.4, -0.2) is 41.7 Å². The number of alkyl halides is 3. The van der Waals surface area contributed by atoms with E-state index in [4.69, 9.17) is 14.0 Å². The van der Waals surface area contributed by atoms with Gasteiger partial charge in [0, 0.05) is 36.7 Å². The molecule has 1 unspecified atom stereocenters. The zero-order chi connectivity index (χ0) is 22.9. The molecule has 0 bridgehead atoms. The predicted molar refractivity (Wildman–Crippen MR) is 107 cm³/mol. The Bertz CT molecular complexity index is 1110. The Morgan fingerprint density at radius 2 is 1.88 bits per heavy atom. The minimum absolute atomic E-state index is 0.0675. The number of carbonyl (C=O) groups is 1. The zero-order valence-electron chi connectivity index (χ0n) is 17.3. The van der Waals surface area contributed by atoms with Crippen molar-refractivity contribution in [2.75, 3.05) is 20.8 Å². The molecule has 0 aliphatic carbocycles. The van der Waals surface area contributed by atoms with Crippen molar-refractivity contribution in [3.63, 3.8) is 0 Å². The van der Waals surface area contributed by atoms with Crippen molar-refractivity contribution in [1.82, 2.24) is 15.0 Å². The summed E-state index contributed by atoms with van der Waals surface area (Å²) in [6.45, 7) is 0.727. The highest BCUT2D eigenvalue weighted by molar-refractivity contribution is 5.79. The van der Waals surface area contributed by atoms with Gasteiger partial charge in [-0.15, -0.1) is 0 Å². The van der Waals surface area contributed by atoms with Gasteiger partial charge in [-0.1, -0.05) is 17.3 Å². The molecule has 0 spiro atoms. The van der Waals surface area contributed by atoms with Gasteiger partial charge in [0.2, 0.25) is 17.6 Å². The number of benzene rings is 2. The summed E-state index contributed by atoms with van der Waals surface area (Å²) >= 11 is 0. The highest BCUT2D eigenvalue weighted by Crippen LogP contribution is 2.33. The van der Waals surface area contributed by atoms with E-state index >= 15 is 0 Å². The minimum Gasteiger partial charge on any atom is -0.497 e. The standard InChI is InChI=1S/C22H20F3N3O4/c1-30-17-8-5-14(18(10-17)31-2)11-28-12-15(9-19(28)29)21-26-20(27-32-21)13-3-6-16(7-4-13)22(23,24)25/h3-8,10,15H,9,11-12H2,1-2H3. The summed E-state index contributed by atoms with van der Waals surface area (Å²) in [5.41, 5.74) is 0.478. The molecule has 10 heteroatoms. The number of halogens is 3. The molecule has 168 valence electrons. The number of rotatable bonds is 6. The molecule has 3 aromatic rings. The van der Waals surface area contributed by atoms with E-state index in [1.54, 1.807) is 31.3 Å². The quantitative estimate of drug-likeness (QED) is 0.561. The van der Waals surface area contributed by atoms with Crippen LogP contribution in [0.25, 0.3) is 11.4 Å². The lowest BCUT2D eigenvalue weighted by Crippen LogP contribution is -2.24. The number of likely N-dealkylation sites (tertiary alicyclic amines) is 1. The van der Waals surface area contributed by atoms with Crippen LogP contribution in [0.15, 0.2) is 47.0 Å². The molecular weight excluding hydrogens is 427 g/mol. The van der Waals surface area contributed by atoms with Crippen LogP contribution in [-0.2, 0) is 17.5 Å². The largest absolute Gasteiger partial charge is 0.497 e. The summed E-state index contributed by atoms with van der Waals surface area (Å²) in [7, 11) is 3.11. The number of methoxy groups -OCH3 is 2. The van der Waals surface area contributed by atoms with Gasteiger partial charge in [-0.25, -0.2) is 0 Å². The smallest absolute Gasteiger partial charge is 0.416 e. The van der Waals surface area contributed by atoms with Crippen LogP contribution in [0, 0.1) is 0 Å². The fourth-order valence-corrected chi connectivity index (χ4v) is 3.61. The summed E-state index contributed by atoms with van der Waals surface area (Å²) in [5, 5.41) is 3.87. The van der Waals surface area contributed by atoms with Crippen LogP contribution in [0.3, 0.4) is 0 Å². The van der Waals surface area contributed by atoms with Crippen LogP contribution in [0.5, 0.6) is 11.5 Å². The average Bonchev–Trinajstić information content (AvgIpc) is 3.41. The maximum absolute atomic E-state index is 12.7. The predicted octanol–water partition coefficient (Wildman–Crippen LogP) is 4.29. The molecule has 4 rings (SSSR count). The summed E-state index contributed by atoms with van der Waals surface area (Å²) in [6.07, 6.45) is -4.21. The molecule has 0 saturated carbocycles. The third-order valence-corrected chi connectivity index (χ3v) is 5.33. The first-order valence-corrected chi connectivity index (χ1v) is 9.78. The Hall–Kier alpha value is -3.56. The fraction of sp³-hybridized carbons (Fsp3) is 0.318. The fourth-order valence-electron chi connectivity index (χ4n) is 3.61. The minimum atomic E-state index is -4.42. The zero-order valence-corrected chi connectivity index (χ0v) is 17.3. The van der Waals surface area contributed by atoms with Crippen molar-refractivity contribution in [2.24, 2.45) is 0 Å². The highest BCUT2D eigenvalue weighted by Gasteiger charge is 2.35. The van der Waals surface area contributed by atoms with Crippen molar-refractivity contribution in [1.29, 1.82) is 0 Å². The Morgan fingerprint density at radius 3 is 2.53 bits per heavy atom. The van der Waals surface area contributed by atoms with E-state index < -0.39 is 11.7 Å². The number of amides is 1. The van der Waals surface area contributed by atoms with E-state index in [-0.39, 0.29) is 30.0 Å². The third kappa shape index (κ3) is 4.39. The SMILES string of the molecule is COc1ccc(CN2CC(c3nc(-c4ccc(C(F)(F)F)cc4)no3)CC2=O)c(OC)c1. The Balaban J connectivity index is 1.47. The van der Waals surface area contributed by atoms with Crippen LogP contribution >= 0.6 is 0 Å². The second-order valence-corrected chi connectivity index (χ2v) is 7.38. The molecule has 1 atom stereocenters. The lowest BCUT2D eigenvalue weighted by molar-refractivity contribution is -0.137. The Kier molecular flexibility index (Phi) is 5.77. The van der Waals surface area contributed by atoms with E-state index in [2.05, 4.69) is 10.1 Å². The molecule has 1 aliphatic rings. The number of nitrogens with zero attached hydrogens (tertiary/aromatic N) is 3. The van der Waals surface area contributed by atoms with Crippen LogP contribution in [0.4, 0.5) is 13.2 Å². The Labute approximate surface area is 181 Å². The molecule has 0 N–H and O–H groups in total.